The van der Waals surface area contributed by atoms with Crippen molar-refractivity contribution in [1.29, 1.82) is 0 Å². The van der Waals surface area contributed by atoms with Gasteiger partial charge in [-0.15, -0.1) is 0 Å². The fourth-order valence-electron chi connectivity index (χ4n) is 3.38. The molecule has 0 aromatic rings. The lowest BCUT2D eigenvalue weighted by Gasteiger charge is -2.31. The lowest BCUT2D eigenvalue weighted by Crippen LogP contribution is -2.38. The first-order chi connectivity index (χ1) is 12.0. The molecule has 3 heteroatoms. The number of hydrogen-bond acceptors (Lipinski definition) is 2. The predicted octanol–water partition coefficient (Wildman–Crippen LogP) is 6.01. The third-order valence-corrected chi connectivity index (χ3v) is 5.32. The number of ketones is 1. The van der Waals surface area contributed by atoms with E-state index in [2.05, 4.69) is 32.6 Å². The molecule has 0 aromatic heterocycles. The summed E-state index contributed by atoms with van der Waals surface area (Å²) in [7, 11) is 0. The van der Waals surface area contributed by atoms with Gasteiger partial charge in [-0.1, -0.05) is 66.2 Å². The molecule has 0 saturated heterocycles. The van der Waals surface area contributed by atoms with Gasteiger partial charge < -0.3 is 9.69 Å². The lowest BCUT2D eigenvalue weighted by molar-refractivity contribution is -0.132. The van der Waals surface area contributed by atoms with Gasteiger partial charge in [0.05, 0.1) is 0 Å². The molecule has 0 aliphatic carbocycles. The quantitative estimate of drug-likeness (QED) is 0.341. The van der Waals surface area contributed by atoms with Crippen LogP contribution in [0.5, 0.6) is 0 Å². The van der Waals surface area contributed by atoms with Crippen LogP contribution < -0.4 is 0 Å². The third-order valence-electron chi connectivity index (χ3n) is 5.32. The van der Waals surface area contributed by atoms with Gasteiger partial charge in [0, 0.05) is 25.9 Å². The van der Waals surface area contributed by atoms with Gasteiger partial charge in [-0.3, -0.25) is 4.79 Å². The van der Waals surface area contributed by atoms with Gasteiger partial charge in [0.15, 0.2) is 0 Å². The van der Waals surface area contributed by atoms with Crippen LogP contribution in [0.1, 0.15) is 105 Å². The summed E-state index contributed by atoms with van der Waals surface area (Å²) in [5.41, 5.74) is 0. The second-order valence-electron chi connectivity index (χ2n) is 7.69. The van der Waals surface area contributed by atoms with E-state index in [4.69, 9.17) is 0 Å². The number of carbonyl (C=O) groups excluding carboxylic acids is 2. The maximum absolute atomic E-state index is 12.8. The Morgan fingerprint density at radius 2 is 1.24 bits per heavy atom. The molecule has 0 N–H and O–H groups in total. The van der Waals surface area contributed by atoms with E-state index in [0.29, 0.717) is 31.1 Å². The van der Waals surface area contributed by atoms with Gasteiger partial charge in [-0.05, 0) is 38.0 Å². The van der Waals surface area contributed by atoms with Crippen LogP contribution in [-0.2, 0) is 9.59 Å². The van der Waals surface area contributed by atoms with Crippen LogP contribution in [0.15, 0.2) is 0 Å². The molecular weight excluding hydrogens is 310 g/mol. The second kappa shape index (κ2) is 15.4. The predicted molar refractivity (Wildman–Crippen MR) is 108 cm³/mol. The van der Waals surface area contributed by atoms with Crippen molar-refractivity contribution in [3.63, 3.8) is 0 Å². The highest BCUT2D eigenvalue weighted by Crippen LogP contribution is 2.20. The molecule has 0 aromatic carbocycles. The highest BCUT2D eigenvalue weighted by atomic mass is 16.2. The van der Waals surface area contributed by atoms with Crippen LogP contribution in [0.2, 0.25) is 0 Å². The Bertz CT molecular complexity index is 336. The molecule has 0 saturated carbocycles. The molecule has 0 spiro atoms. The molecule has 0 fully saturated rings. The lowest BCUT2D eigenvalue weighted by atomic mass is 9.95. The molecule has 2 atom stereocenters. The van der Waals surface area contributed by atoms with Crippen molar-refractivity contribution in [2.45, 2.75) is 105 Å². The molecular formula is C22H43NO2. The van der Waals surface area contributed by atoms with Gasteiger partial charge in [-0.25, -0.2) is 0 Å². The normalized spacial score (nSPS) is 13.5. The Morgan fingerprint density at radius 3 is 1.60 bits per heavy atom. The molecule has 25 heavy (non-hydrogen) atoms. The van der Waals surface area contributed by atoms with E-state index in [1.54, 1.807) is 6.92 Å². The summed E-state index contributed by atoms with van der Waals surface area (Å²) in [6.45, 7) is 12.4. The Hall–Kier alpha value is -0.860. The van der Waals surface area contributed by atoms with Crippen molar-refractivity contribution >= 4 is 11.7 Å². The maximum atomic E-state index is 12.8. The van der Waals surface area contributed by atoms with Gasteiger partial charge in [-0.2, -0.15) is 0 Å². The Balaban J connectivity index is 4.81. The molecule has 148 valence electrons. The highest BCUT2D eigenvalue weighted by molar-refractivity contribution is 5.78. The summed E-state index contributed by atoms with van der Waals surface area (Å²) in [5, 5.41) is 0. The number of nitrogens with zero attached hydrogens (tertiary/aromatic N) is 1. The topological polar surface area (TPSA) is 37.4 Å². The van der Waals surface area contributed by atoms with Crippen LogP contribution in [0, 0.1) is 11.8 Å². The Labute approximate surface area is 156 Å². The third kappa shape index (κ3) is 12.2. The van der Waals surface area contributed by atoms with Crippen molar-refractivity contribution in [3.05, 3.63) is 0 Å². The number of unbranched alkanes of at least 4 members (excludes halogenated alkanes) is 2. The number of Topliss-reactive ketones (excluding diaryl/α,β-unsaturated/α-hetero) is 1. The SMILES string of the molecule is CCCCC(CC)CN(CC(CC)CCCC)C(=O)CCCC(C)=O. The van der Waals surface area contributed by atoms with Crippen LogP contribution in [0.25, 0.3) is 0 Å². The number of rotatable bonds is 16. The van der Waals surface area contributed by atoms with Crippen molar-refractivity contribution < 1.29 is 9.59 Å². The van der Waals surface area contributed by atoms with Crippen LogP contribution >= 0.6 is 0 Å². The molecule has 1 amide bonds. The molecule has 0 bridgehead atoms. The average molecular weight is 354 g/mol. The first-order valence-electron chi connectivity index (χ1n) is 10.7. The summed E-state index contributed by atoms with van der Waals surface area (Å²) >= 11 is 0. The minimum absolute atomic E-state index is 0.183. The zero-order valence-corrected chi connectivity index (χ0v) is 17.6. The van der Waals surface area contributed by atoms with Crippen LogP contribution in [0.3, 0.4) is 0 Å². The zero-order chi connectivity index (χ0) is 19.1. The fourth-order valence-corrected chi connectivity index (χ4v) is 3.38. The fraction of sp³-hybridized carbons (Fsp3) is 0.909. The zero-order valence-electron chi connectivity index (χ0n) is 17.6. The van der Waals surface area contributed by atoms with Crippen LogP contribution in [0.4, 0.5) is 0 Å². The summed E-state index contributed by atoms with van der Waals surface area (Å²) in [6, 6.07) is 0. The minimum atomic E-state index is 0.183. The van der Waals surface area contributed by atoms with E-state index in [1.807, 2.05) is 0 Å². The highest BCUT2D eigenvalue weighted by Gasteiger charge is 2.21. The number of carbonyl (C=O) groups is 2. The molecule has 0 rings (SSSR count). The first-order valence-corrected chi connectivity index (χ1v) is 10.7. The van der Waals surface area contributed by atoms with Gasteiger partial charge in [0.25, 0.3) is 0 Å². The smallest absolute Gasteiger partial charge is 0.222 e. The average Bonchev–Trinajstić information content (AvgIpc) is 2.59. The second-order valence-corrected chi connectivity index (χ2v) is 7.69. The molecule has 2 unspecified atom stereocenters. The minimum Gasteiger partial charge on any atom is -0.342 e. The Kier molecular flexibility index (Phi) is 14.9. The largest absolute Gasteiger partial charge is 0.342 e. The summed E-state index contributed by atoms with van der Waals surface area (Å²) in [6.07, 6.45) is 11.4. The van der Waals surface area contributed by atoms with Gasteiger partial charge >= 0.3 is 0 Å². The maximum Gasteiger partial charge on any atom is 0.222 e. The van der Waals surface area contributed by atoms with E-state index in [9.17, 15) is 9.59 Å². The van der Waals surface area contributed by atoms with E-state index in [1.165, 1.54) is 38.5 Å². The summed E-state index contributed by atoms with van der Waals surface area (Å²) in [5.74, 6) is 1.66. The summed E-state index contributed by atoms with van der Waals surface area (Å²) in [4.78, 5) is 26.1. The van der Waals surface area contributed by atoms with Crippen molar-refractivity contribution in [1.82, 2.24) is 4.90 Å². The number of hydrogen-bond donors (Lipinski definition) is 0. The molecule has 0 radical (unpaired) electrons. The first kappa shape index (κ1) is 24.1. The summed E-state index contributed by atoms with van der Waals surface area (Å²) < 4.78 is 0. The van der Waals surface area contributed by atoms with Gasteiger partial charge in [0.1, 0.15) is 5.78 Å². The van der Waals surface area contributed by atoms with Crippen LogP contribution in [-0.4, -0.2) is 29.7 Å². The molecule has 0 aliphatic rings. The van der Waals surface area contributed by atoms with Gasteiger partial charge in [0.2, 0.25) is 5.91 Å². The molecule has 0 aliphatic heterocycles. The monoisotopic (exact) mass is 353 g/mol. The van der Waals surface area contributed by atoms with Crippen molar-refractivity contribution in [2.24, 2.45) is 11.8 Å². The van der Waals surface area contributed by atoms with E-state index < -0.39 is 0 Å². The molecule has 0 heterocycles. The number of amides is 1. The standard InChI is InChI=1S/C22H43NO2/c1-6-10-14-20(8-3)17-23(18-21(9-4)15-11-7-2)22(25)16-12-13-19(5)24/h20-21H,6-18H2,1-5H3. The van der Waals surface area contributed by atoms with E-state index in [0.717, 1.165) is 25.9 Å². The van der Waals surface area contributed by atoms with Crippen molar-refractivity contribution in [2.75, 3.05) is 13.1 Å². The van der Waals surface area contributed by atoms with E-state index in [-0.39, 0.29) is 11.7 Å². The molecule has 3 nitrogen and oxygen atoms in total. The Morgan fingerprint density at radius 1 is 0.760 bits per heavy atom. The van der Waals surface area contributed by atoms with Crippen molar-refractivity contribution in [3.8, 4) is 0 Å². The van der Waals surface area contributed by atoms with E-state index >= 15 is 0 Å².